The average Bonchev–Trinajstić information content (AvgIpc) is 2.98. The molecule has 216 valence electrons. The zero-order valence-electron chi connectivity index (χ0n) is 23.1. The van der Waals surface area contributed by atoms with E-state index in [1.54, 1.807) is 36.4 Å². The van der Waals surface area contributed by atoms with Gasteiger partial charge in [0.1, 0.15) is 24.7 Å². The van der Waals surface area contributed by atoms with Crippen molar-refractivity contribution in [3.63, 3.8) is 0 Å². The molecule has 3 aromatic carbocycles. The third-order valence-corrected chi connectivity index (χ3v) is 5.71. The highest BCUT2D eigenvalue weighted by Gasteiger charge is 2.09. The highest BCUT2D eigenvalue weighted by Crippen LogP contribution is 2.18. The Labute approximate surface area is 240 Å². The third-order valence-electron chi connectivity index (χ3n) is 5.71. The number of hydrogen-bond donors (Lipinski definition) is 1. The van der Waals surface area contributed by atoms with E-state index >= 15 is 0 Å². The number of esters is 2. The van der Waals surface area contributed by atoms with E-state index in [9.17, 15) is 14.4 Å². The zero-order chi connectivity index (χ0) is 29.3. The van der Waals surface area contributed by atoms with E-state index in [1.807, 2.05) is 36.4 Å². The van der Waals surface area contributed by atoms with E-state index in [0.717, 1.165) is 30.2 Å². The van der Waals surface area contributed by atoms with Crippen molar-refractivity contribution in [2.45, 2.75) is 19.8 Å². The molecule has 0 spiro atoms. The molecule has 1 N–H and O–H groups in total. The van der Waals surface area contributed by atoms with Crippen molar-refractivity contribution < 1.29 is 38.1 Å². The van der Waals surface area contributed by atoms with Crippen molar-refractivity contribution in [1.29, 1.82) is 0 Å². The Bertz CT molecular complexity index is 1250. The molecule has 1 amide bonds. The number of carbonyl (C=O) groups is 3. The summed E-state index contributed by atoms with van der Waals surface area (Å²) in [5.41, 5.74) is 3.49. The molecular formula is C32H35NO8. The molecule has 3 aromatic rings. The highest BCUT2D eigenvalue weighted by molar-refractivity contribution is 5.91. The van der Waals surface area contributed by atoms with Crippen LogP contribution < -0.4 is 14.8 Å². The highest BCUT2D eigenvalue weighted by atomic mass is 16.6. The number of amides is 1. The number of nitrogens with one attached hydrogen (secondary N) is 1. The van der Waals surface area contributed by atoms with Crippen molar-refractivity contribution >= 4 is 23.5 Å². The van der Waals surface area contributed by atoms with Gasteiger partial charge in [-0.25, -0.2) is 9.59 Å². The van der Waals surface area contributed by atoms with Crippen LogP contribution in [0.1, 0.15) is 28.4 Å². The summed E-state index contributed by atoms with van der Waals surface area (Å²) in [4.78, 5) is 34.6. The van der Waals surface area contributed by atoms with E-state index in [-0.39, 0.29) is 12.5 Å². The molecule has 0 aromatic heterocycles. The molecule has 0 aliphatic carbocycles. The number of ether oxygens (including phenoxy) is 5. The minimum Gasteiger partial charge on any atom is -0.491 e. The number of anilines is 1. The Morgan fingerprint density at radius 2 is 1.24 bits per heavy atom. The molecular weight excluding hydrogens is 526 g/mol. The molecule has 0 bridgehead atoms. The summed E-state index contributed by atoms with van der Waals surface area (Å²) in [5.74, 6) is 0.0585. The second-order valence-electron chi connectivity index (χ2n) is 8.88. The lowest BCUT2D eigenvalue weighted by Crippen LogP contribution is -2.13. The lowest BCUT2D eigenvalue weighted by atomic mass is 10.0. The van der Waals surface area contributed by atoms with Gasteiger partial charge < -0.3 is 29.0 Å². The smallest absolute Gasteiger partial charge is 0.343 e. The van der Waals surface area contributed by atoms with Gasteiger partial charge in [-0.2, -0.15) is 0 Å². The normalized spacial score (nSPS) is 10.5. The Balaban J connectivity index is 1.31. The van der Waals surface area contributed by atoms with Crippen LogP contribution in [0.4, 0.5) is 5.69 Å². The summed E-state index contributed by atoms with van der Waals surface area (Å²) < 4.78 is 26.6. The van der Waals surface area contributed by atoms with Gasteiger partial charge in [-0.1, -0.05) is 30.8 Å². The van der Waals surface area contributed by atoms with Gasteiger partial charge >= 0.3 is 11.9 Å². The van der Waals surface area contributed by atoms with Crippen molar-refractivity contribution in [3.05, 3.63) is 102 Å². The fourth-order valence-corrected chi connectivity index (χ4v) is 3.62. The van der Waals surface area contributed by atoms with E-state index in [2.05, 4.69) is 11.9 Å². The van der Waals surface area contributed by atoms with Crippen LogP contribution in [0.25, 0.3) is 0 Å². The third kappa shape index (κ3) is 12.1. The maximum atomic E-state index is 12.5. The number of rotatable bonds is 17. The van der Waals surface area contributed by atoms with Gasteiger partial charge in [0, 0.05) is 18.7 Å². The van der Waals surface area contributed by atoms with Crippen LogP contribution in [-0.4, -0.2) is 57.5 Å². The molecule has 0 fully saturated rings. The van der Waals surface area contributed by atoms with Crippen molar-refractivity contribution in [2.75, 3.05) is 45.0 Å². The van der Waals surface area contributed by atoms with Gasteiger partial charge in [-0.3, -0.25) is 4.79 Å². The standard InChI is InChI=1S/C32H35NO8/c1-3-31(35)40-23-21-38-19-18-37-20-22-39-29-16-10-27(11-17-29)32(36)41-30-14-8-26(9-15-30)5-4-25-6-12-28(13-7-25)33-24(2)34/h3,6-17H,1,4-5,18-23H2,2H3,(H,33,34). The second-order valence-corrected chi connectivity index (χ2v) is 8.88. The molecule has 0 heterocycles. The zero-order valence-corrected chi connectivity index (χ0v) is 23.1. The van der Waals surface area contributed by atoms with Crippen LogP contribution in [0.5, 0.6) is 11.5 Å². The Kier molecular flexibility index (Phi) is 13.1. The topological polar surface area (TPSA) is 109 Å². The molecule has 0 aliphatic rings. The summed E-state index contributed by atoms with van der Waals surface area (Å²) in [5, 5.41) is 2.76. The van der Waals surface area contributed by atoms with Gasteiger partial charge in [0.15, 0.2) is 0 Å². The molecule has 3 rings (SSSR count). The summed E-state index contributed by atoms with van der Waals surface area (Å²) in [7, 11) is 0. The molecule has 0 saturated heterocycles. The first-order valence-electron chi connectivity index (χ1n) is 13.3. The summed E-state index contributed by atoms with van der Waals surface area (Å²) in [6.07, 6.45) is 2.79. The second kappa shape index (κ2) is 17.3. The first-order chi connectivity index (χ1) is 19.9. The number of carbonyl (C=O) groups excluding carboxylic acids is 3. The SMILES string of the molecule is C=CC(=O)OCCOCCOCCOc1ccc(C(=O)Oc2ccc(CCc3ccc(NC(C)=O)cc3)cc2)cc1. The summed E-state index contributed by atoms with van der Waals surface area (Å²) in [6.45, 7) is 6.74. The molecule has 0 unspecified atom stereocenters. The number of hydrogen-bond acceptors (Lipinski definition) is 8. The van der Waals surface area contributed by atoms with Crippen LogP contribution >= 0.6 is 0 Å². The maximum Gasteiger partial charge on any atom is 0.343 e. The molecule has 0 aliphatic heterocycles. The Morgan fingerprint density at radius 1 is 0.707 bits per heavy atom. The summed E-state index contributed by atoms with van der Waals surface area (Å²) in [6, 6.07) is 22.0. The molecule has 0 saturated carbocycles. The minimum absolute atomic E-state index is 0.0922. The number of benzene rings is 3. The van der Waals surface area contributed by atoms with Crippen molar-refractivity contribution in [1.82, 2.24) is 0 Å². The monoisotopic (exact) mass is 561 g/mol. The lowest BCUT2D eigenvalue weighted by Gasteiger charge is -2.09. The Morgan fingerprint density at radius 3 is 1.83 bits per heavy atom. The lowest BCUT2D eigenvalue weighted by molar-refractivity contribution is -0.139. The first-order valence-corrected chi connectivity index (χ1v) is 13.3. The van der Waals surface area contributed by atoms with Gasteiger partial charge in [-0.15, -0.1) is 0 Å². The van der Waals surface area contributed by atoms with Gasteiger partial charge in [0.2, 0.25) is 5.91 Å². The van der Waals surface area contributed by atoms with Crippen molar-refractivity contribution in [3.8, 4) is 11.5 Å². The fourth-order valence-electron chi connectivity index (χ4n) is 3.62. The van der Waals surface area contributed by atoms with Crippen molar-refractivity contribution in [2.24, 2.45) is 0 Å². The molecule has 9 heteroatoms. The molecule has 9 nitrogen and oxygen atoms in total. The van der Waals surface area contributed by atoms with Crippen LogP contribution in [0.15, 0.2) is 85.5 Å². The first kappa shape index (κ1) is 31.1. The van der Waals surface area contributed by atoms with Crippen LogP contribution in [0.2, 0.25) is 0 Å². The predicted molar refractivity (Wildman–Crippen MR) is 154 cm³/mol. The van der Waals surface area contributed by atoms with E-state index in [4.69, 9.17) is 23.7 Å². The average molecular weight is 562 g/mol. The molecule has 0 radical (unpaired) electrons. The van der Waals surface area contributed by atoms with Crippen LogP contribution in [0.3, 0.4) is 0 Å². The van der Waals surface area contributed by atoms with Crippen LogP contribution in [0, 0.1) is 0 Å². The predicted octanol–water partition coefficient (Wildman–Crippen LogP) is 4.79. The van der Waals surface area contributed by atoms with Crippen LogP contribution in [-0.2, 0) is 36.6 Å². The molecule has 41 heavy (non-hydrogen) atoms. The maximum absolute atomic E-state index is 12.5. The number of aryl methyl sites for hydroxylation is 2. The fraction of sp³-hybridized carbons (Fsp3) is 0.281. The van der Waals surface area contributed by atoms with Gasteiger partial charge in [0.25, 0.3) is 0 Å². The van der Waals surface area contributed by atoms with E-state index in [1.165, 1.54) is 12.5 Å². The Hall–Kier alpha value is -4.47. The van der Waals surface area contributed by atoms with E-state index in [0.29, 0.717) is 50.1 Å². The minimum atomic E-state index is -0.477. The van der Waals surface area contributed by atoms with Gasteiger partial charge in [0.05, 0.1) is 32.0 Å². The molecule has 0 atom stereocenters. The largest absolute Gasteiger partial charge is 0.491 e. The quantitative estimate of drug-likeness (QED) is 0.108. The van der Waals surface area contributed by atoms with Gasteiger partial charge in [-0.05, 0) is 72.5 Å². The summed E-state index contributed by atoms with van der Waals surface area (Å²) >= 11 is 0. The van der Waals surface area contributed by atoms with E-state index < -0.39 is 11.9 Å².